The normalized spacial score (nSPS) is 14.0. The van der Waals surface area contributed by atoms with Gasteiger partial charge in [-0.15, -0.1) is 0 Å². The van der Waals surface area contributed by atoms with Gasteiger partial charge in [0.25, 0.3) is 0 Å². The molecule has 1 fully saturated rings. The number of benzene rings is 3. The summed E-state index contributed by atoms with van der Waals surface area (Å²) in [6, 6.07) is 24.3. The fraction of sp³-hybridized carbons (Fsp3) is 0.294. The quantitative estimate of drug-likeness (QED) is 0.229. The van der Waals surface area contributed by atoms with E-state index in [4.69, 9.17) is 4.74 Å². The third-order valence-electron chi connectivity index (χ3n) is 7.60. The maximum absolute atomic E-state index is 14.3. The number of likely N-dealkylation sites (tertiary alicyclic amines) is 1. The molecule has 3 aromatic carbocycles. The van der Waals surface area contributed by atoms with Crippen LogP contribution < -0.4 is 15.4 Å². The fourth-order valence-corrected chi connectivity index (χ4v) is 5.27. The highest BCUT2D eigenvalue weighted by Crippen LogP contribution is 2.29. The molecular weight excluding hydrogens is 515 g/mol. The molecule has 0 saturated carbocycles. The molecule has 1 aromatic heterocycles. The molecule has 0 unspecified atom stereocenters. The first kappa shape index (κ1) is 28.3. The van der Waals surface area contributed by atoms with E-state index in [1.54, 1.807) is 30.6 Å². The molecule has 4 aromatic rings. The Bertz CT molecular complexity index is 1420. The Kier molecular flexibility index (Phi) is 9.60. The highest BCUT2D eigenvalue weighted by atomic mass is 19.1. The fourth-order valence-electron chi connectivity index (χ4n) is 5.27. The van der Waals surface area contributed by atoms with Gasteiger partial charge in [0.15, 0.2) is 0 Å². The maximum atomic E-state index is 14.3. The number of ether oxygens (including phenoxy) is 1. The number of amides is 2. The Morgan fingerprint density at radius 1 is 1.00 bits per heavy atom. The van der Waals surface area contributed by atoms with Crippen molar-refractivity contribution in [1.29, 1.82) is 0 Å². The van der Waals surface area contributed by atoms with Gasteiger partial charge in [0.1, 0.15) is 11.6 Å². The lowest BCUT2D eigenvalue weighted by Crippen LogP contribution is -2.30. The van der Waals surface area contributed by atoms with Crippen molar-refractivity contribution in [3.63, 3.8) is 0 Å². The van der Waals surface area contributed by atoms with E-state index in [1.807, 2.05) is 30.3 Å². The molecule has 1 aliphatic heterocycles. The summed E-state index contributed by atoms with van der Waals surface area (Å²) in [5.74, 6) is 1.16. The van der Waals surface area contributed by atoms with E-state index in [9.17, 15) is 9.18 Å². The SMILES string of the molecule is CN1CCC(Cc2cccc(-c3cc(F)ccc3CCOc3ccc(NC(=O)NCc4cccnc4)cc3)c2)CC1. The average Bonchev–Trinajstić information content (AvgIpc) is 2.99. The highest BCUT2D eigenvalue weighted by Gasteiger charge is 2.17. The van der Waals surface area contributed by atoms with Crippen LogP contribution in [0.2, 0.25) is 0 Å². The number of piperidine rings is 1. The van der Waals surface area contributed by atoms with Crippen LogP contribution in [0.15, 0.2) is 91.3 Å². The van der Waals surface area contributed by atoms with Crippen LogP contribution in [0.1, 0.15) is 29.5 Å². The summed E-state index contributed by atoms with van der Waals surface area (Å²) in [5.41, 5.74) is 5.91. The van der Waals surface area contributed by atoms with Gasteiger partial charge in [-0.05, 0) is 116 Å². The molecule has 5 rings (SSSR count). The number of nitrogens with one attached hydrogen (secondary N) is 2. The van der Waals surface area contributed by atoms with E-state index in [-0.39, 0.29) is 11.8 Å². The summed E-state index contributed by atoms with van der Waals surface area (Å²) in [6.45, 7) is 3.15. The van der Waals surface area contributed by atoms with Crippen molar-refractivity contribution >= 4 is 11.7 Å². The molecule has 0 radical (unpaired) electrons. The molecule has 41 heavy (non-hydrogen) atoms. The number of rotatable bonds is 10. The van der Waals surface area contributed by atoms with Crippen LogP contribution in [0, 0.1) is 11.7 Å². The van der Waals surface area contributed by atoms with Crippen LogP contribution in [0.5, 0.6) is 5.75 Å². The van der Waals surface area contributed by atoms with Crippen molar-refractivity contribution in [3.05, 3.63) is 114 Å². The number of pyridine rings is 1. The second kappa shape index (κ2) is 13.9. The highest BCUT2D eigenvalue weighted by molar-refractivity contribution is 5.89. The summed E-state index contributed by atoms with van der Waals surface area (Å²) in [4.78, 5) is 18.6. The Hall–Kier alpha value is -4.23. The molecule has 0 aliphatic carbocycles. The Morgan fingerprint density at radius 3 is 2.59 bits per heavy atom. The number of anilines is 1. The Labute approximate surface area is 241 Å². The summed E-state index contributed by atoms with van der Waals surface area (Å²) in [6.07, 6.45) is 7.56. The number of aromatic nitrogens is 1. The van der Waals surface area contributed by atoms with Gasteiger partial charge in [0.2, 0.25) is 0 Å². The van der Waals surface area contributed by atoms with Crippen molar-refractivity contribution in [2.75, 3.05) is 32.1 Å². The summed E-state index contributed by atoms with van der Waals surface area (Å²) in [5, 5.41) is 5.63. The smallest absolute Gasteiger partial charge is 0.319 e. The number of carbonyl (C=O) groups excluding carboxylic acids is 1. The number of hydrogen-bond donors (Lipinski definition) is 2. The lowest BCUT2D eigenvalue weighted by atomic mass is 9.88. The molecule has 212 valence electrons. The standard InChI is InChI=1S/C34H37FN4O2/c1-39-17-13-25(14-18-39)20-26-4-2-6-29(21-26)33-22-30(35)8-7-28(33)15-19-41-32-11-9-31(10-12-32)38-34(40)37-24-27-5-3-16-36-23-27/h2-12,16,21-23,25H,13-15,17-20,24H2,1H3,(H2,37,38,40). The molecule has 0 spiro atoms. The molecule has 0 atom stereocenters. The van der Waals surface area contributed by atoms with Crippen LogP contribution >= 0.6 is 0 Å². The molecule has 7 heteroatoms. The number of urea groups is 1. The van der Waals surface area contributed by atoms with E-state index in [2.05, 4.69) is 51.8 Å². The largest absolute Gasteiger partial charge is 0.493 e. The van der Waals surface area contributed by atoms with Gasteiger partial charge >= 0.3 is 6.03 Å². The van der Waals surface area contributed by atoms with Gasteiger partial charge in [0, 0.05) is 31.0 Å². The van der Waals surface area contributed by atoms with Crippen LogP contribution in [0.4, 0.5) is 14.9 Å². The molecule has 2 amide bonds. The van der Waals surface area contributed by atoms with Gasteiger partial charge in [-0.2, -0.15) is 0 Å². The van der Waals surface area contributed by atoms with Crippen LogP contribution in [0.3, 0.4) is 0 Å². The first-order chi connectivity index (χ1) is 20.0. The van der Waals surface area contributed by atoms with Crippen molar-refractivity contribution in [2.24, 2.45) is 5.92 Å². The zero-order chi connectivity index (χ0) is 28.4. The van der Waals surface area contributed by atoms with Crippen molar-refractivity contribution < 1.29 is 13.9 Å². The van der Waals surface area contributed by atoms with Crippen molar-refractivity contribution in [1.82, 2.24) is 15.2 Å². The molecule has 1 aliphatic rings. The maximum Gasteiger partial charge on any atom is 0.319 e. The first-order valence-corrected chi connectivity index (χ1v) is 14.2. The van der Waals surface area contributed by atoms with Crippen LogP contribution in [-0.2, 0) is 19.4 Å². The van der Waals surface area contributed by atoms with E-state index in [1.165, 1.54) is 24.5 Å². The molecule has 1 saturated heterocycles. The number of nitrogens with zero attached hydrogens (tertiary/aromatic N) is 2. The van der Waals surface area contributed by atoms with Crippen LogP contribution in [-0.4, -0.2) is 42.7 Å². The predicted octanol–water partition coefficient (Wildman–Crippen LogP) is 6.72. The third kappa shape index (κ3) is 8.38. The van der Waals surface area contributed by atoms with Crippen LogP contribution in [0.25, 0.3) is 11.1 Å². The molecule has 6 nitrogen and oxygen atoms in total. The zero-order valence-corrected chi connectivity index (χ0v) is 23.5. The zero-order valence-electron chi connectivity index (χ0n) is 23.5. The average molecular weight is 553 g/mol. The van der Waals surface area contributed by atoms with Crippen molar-refractivity contribution in [3.8, 4) is 16.9 Å². The Balaban J connectivity index is 1.15. The second-order valence-electron chi connectivity index (χ2n) is 10.7. The molecular formula is C34H37FN4O2. The first-order valence-electron chi connectivity index (χ1n) is 14.2. The molecule has 2 heterocycles. The summed E-state index contributed by atoms with van der Waals surface area (Å²) >= 11 is 0. The minimum atomic E-state index is -0.290. The minimum absolute atomic E-state index is 0.238. The van der Waals surface area contributed by atoms with Gasteiger partial charge in [0.05, 0.1) is 6.61 Å². The third-order valence-corrected chi connectivity index (χ3v) is 7.60. The number of hydrogen-bond acceptors (Lipinski definition) is 4. The summed E-state index contributed by atoms with van der Waals surface area (Å²) in [7, 11) is 2.19. The van der Waals surface area contributed by atoms with E-state index < -0.39 is 0 Å². The van der Waals surface area contributed by atoms with Gasteiger partial charge in [-0.3, -0.25) is 4.98 Å². The van der Waals surface area contributed by atoms with Gasteiger partial charge in [-0.25, -0.2) is 9.18 Å². The van der Waals surface area contributed by atoms with Gasteiger partial charge in [-0.1, -0.05) is 36.4 Å². The predicted molar refractivity (Wildman–Crippen MR) is 161 cm³/mol. The lowest BCUT2D eigenvalue weighted by molar-refractivity contribution is 0.219. The number of carbonyl (C=O) groups is 1. The van der Waals surface area contributed by atoms with Gasteiger partial charge < -0.3 is 20.3 Å². The number of halogens is 1. The van der Waals surface area contributed by atoms with E-state index >= 15 is 0 Å². The molecule has 2 N–H and O–H groups in total. The lowest BCUT2D eigenvalue weighted by Gasteiger charge is -2.29. The minimum Gasteiger partial charge on any atom is -0.493 e. The Morgan fingerprint density at radius 2 is 1.80 bits per heavy atom. The topological polar surface area (TPSA) is 66.5 Å². The monoisotopic (exact) mass is 552 g/mol. The summed E-state index contributed by atoms with van der Waals surface area (Å²) < 4.78 is 20.3. The van der Waals surface area contributed by atoms with E-state index in [0.717, 1.165) is 41.8 Å². The van der Waals surface area contributed by atoms with Crippen molar-refractivity contribution in [2.45, 2.75) is 32.2 Å². The second-order valence-corrected chi connectivity index (χ2v) is 10.7. The molecule has 0 bridgehead atoms. The van der Waals surface area contributed by atoms with E-state index in [0.29, 0.717) is 36.9 Å².